The molecule has 3 rings (SSSR count). The largest absolute Gasteiger partial charge is 0.493 e. The lowest BCUT2D eigenvalue weighted by Crippen LogP contribution is -2.15. The lowest BCUT2D eigenvalue weighted by Gasteiger charge is -2.12. The standard InChI is InChI=1S/C23H23ClN4O5S/c1-4-9-28-20(12-33-18-8-5-14(2)10-19(18)32-3)26-27-23(28)34-13-21(29)25-17-11-15(22(30)31)6-7-16(17)24/h4-8,10-11H,1,9,12-13H2,2-3H3,(H,25,29)(H,30,31). The normalized spacial score (nSPS) is 10.6. The van der Waals surface area contributed by atoms with Crippen molar-refractivity contribution in [3.8, 4) is 11.5 Å². The zero-order valence-electron chi connectivity index (χ0n) is 18.6. The van der Waals surface area contributed by atoms with E-state index >= 15 is 0 Å². The van der Waals surface area contributed by atoms with E-state index in [1.54, 1.807) is 17.8 Å². The van der Waals surface area contributed by atoms with Gasteiger partial charge in [0.25, 0.3) is 0 Å². The van der Waals surface area contributed by atoms with E-state index in [0.29, 0.717) is 29.0 Å². The Morgan fingerprint density at radius 3 is 2.74 bits per heavy atom. The van der Waals surface area contributed by atoms with Gasteiger partial charge >= 0.3 is 5.97 Å². The fourth-order valence-corrected chi connectivity index (χ4v) is 3.88. The van der Waals surface area contributed by atoms with Gasteiger partial charge in [0.1, 0.15) is 6.61 Å². The van der Waals surface area contributed by atoms with Gasteiger partial charge in [-0.1, -0.05) is 35.5 Å². The maximum Gasteiger partial charge on any atom is 0.335 e. The number of thioether (sulfide) groups is 1. The Morgan fingerprint density at radius 1 is 1.24 bits per heavy atom. The lowest BCUT2D eigenvalue weighted by atomic mass is 10.2. The number of benzene rings is 2. The van der Waals surface area contributed by atoms with Crippen LogP contribution in [0.15, 0.2) is 54.2 Å². The Morgan fingerprint density at radius 2 is 2.03 bits per heavy atom. The van der Waals surface area contributed by atoms with Crippen molar-refractivity contribution in [3.05, 3.63) is 71.0 Å². The van der Waals surface area contributed by atoms with Gasteiger partial charge < -0.3 is 19.9 Å². The average Bonchev–Trinajstić information content (AvgIpc) is 3.19. The van der Waals surface area contributed by atoms with Crippen LogP contribution in [0.1, 0.15) is 21.7 Å². The summed E-state index contributed by atoms with van der Waals surface area (Å²) in [5.41, 5.74) is 1.29. The number of hydrogen-bond donors (Lipinski definition) is 2. The lowest BCUT2D eigenvalue weighted by molar-refractivity contribution is -0.113. The first kappa shape index (κ1) is 25.1. The number of anilines is 1. The minimum atomic E-state index is -1.11. The van der Waals surface area contributed by atoms with Gasteiger partial charge in [-0.05, 0) is 42.8 Å². The molecule has 0 spiro atoms. The number of methoxy groups -OCH3 is 1. The van der Waals surface area contributed by atoms with E-state index in [1.807, 2.05) is 25.1 Å². The minimum absolute atomic E-state index is 0.00947. The number of nitrogens with one attached hydrogen (secondary N) is 1. The van der Waals surface area contributed by atoms with Crippen LogP contribution >= 0.6 is 23.4 Å². The highest BCUT2D eigenvalue weighted by molar-refractivity contribution is 7.99. The van der Waals surface area contributed by atoms with Crippen molar-refractivity contribution in [2.75, 3.05) is 18.2 Å². The Kier molecular flexibility index (Phi) is 8.55. The first-order valence-corrected chi connectivity index (χ1v) is 11.4. The van der Waals surface area contributed by atoms with Crippen LogP contribution in [0.25, 0.3) is 0 Å². The smallest absolute Gasteiger partial charge is 0.335 e. The number of halogens is 1. The minimum Gasteiger partial charge on any atom is -0.493 e. The number of carbonyl (C=O) groups excluding carboxylic acids is 1. The average molecular weight is 503 g/mol. The van der Waals surface area contributed by atoms with E-state index in [1.165, 1.54) is 30.0 Å². The van der Waals surface area contributed by atoms with Crippen molar-refractivity contribution in [2.24, 2.45) is 0 Å². The highest BCUT2D eigenvalue weighted by Crippen LogP contribution is 2.29. The van der Waals surface area contributed by atoms with Gasteiger partial charge in [0.05, 0.1) is 29.1 Å². The molecule has 0 aliphatic heterocycles. The number of carbonyl (C=O) groups is 2. The summed E-state index contributed by atoms with van der Waals surface area (Å²) in [6.07, 6.45) is 1.70. The highest BCUT2D eigenvalue weighted by atomic mass is 35.5. The van der Waals surface area contributed by atoms with Crippen molar-refractivity contribution in [3.63, 3.8) is 0 Å². The number of carboxylic acids is 1. The quantitative estimate of drug-likeness (QED) is 0.292. The molecule has 0 aliphatic carbocycles. The maximum atomic E-state index is 12.4. The first-order valence-electron chi connectivity index (χ1n) is 10.1. The molecule has 2 N–H and O–H groups in total. The molecule has 2 aromatic carbocycles. The number of aromatic nitrogens is 3. The summed E-state index contributed by atoms with van der Waals surface area (Å²) in [6.45, 7) is 6.30. The number of allylic oxidation sites excluding steroid dienone is 1. The number of nitrogens with zero attached hydrogens (tertiary/aromatic N) is 3. The Labute approximate surface area is 205 Å². The van der Waals surface area contributed by atoms with Gasteiger partial charge in [0.15, 0.2) is 22.5 Å². The molecule has 0 aliphatic rings. The van der Waals surface area contributed by atoms with E-state index in [4.69, 9.17) is 26.2 Å². The summed E-state index contributed by atoms with van der Waals surface area (Å²) in [5, 5.41) is 20.9. The van der Waals surface area contributed by atoms with Crippen molar-refractivity contribution >= 4 is 40.9 Å². The van der Waals surface area contributed by atoms with Gasteiger partial charge in [-0.15, -0.1) is 16.8 Å². The molecule has 0 unspecified atom stereocenters. The van der Waals surface area contributed by atoms with E-state index in [-0.39, 0.29) is 34.5 Å². The number of aromatic carboxylic acids is 1. The highest BCUT2D eigenvalue weighted by Gasteiger charge is 2.16. The second kappa shape index (κ2) is 11.6. The van der Waals surface area contributed by atoms with Gasteiger partial charge in [0.2, 0.25) is 5.91 Å². The van der Waals surface area contributed by atoms with Gasteiger partial charge in [-0.25, -0.2) is 4.79 Å². The van der Waals surface area contributed by atoms with Crippen LogP contribution in [0, 0.1) is 6.92 Å². The van der Waals surface area contributed by atoms with E-state index in [2.05, 4.69) is 22.1 Å². The summed E-state index contributed by atoms with van der Waals surface area (Å²) in [6, 6.07) is 9.72. The fraction of sp³-hybridized carbons (Fsp3) is 0.217. The molecule has 0 bridgehead atoms. The van der Waals surface area contributed by atoms with Crippen molar-refractivity contribution in [1.82, 2.24) is 14.8 Å². The second-order valence-electron chi connectivity index (χ2n) is 7.08. The molecule has 178 valence electrons. The molecule has 0 fully saturated rings. The molecular weight excluding hydrogens is 480 g/mol. The molecular formula is C23H23ClN4O5S. The third-order valence-corrected chi connectivity index (χ3v) is 5.90. The van der Waals surface area contributed by atoms with Crippen LogP contribution in [0.4, 0.5) is 5.69 Å². The topological polar surface area (TPSA) is 116 Å². The molecule has 3 aromatic rings. The third kappa shape index (κ3) is 6.30. The summed E-state index contributed by atoms with van der Waals surface area (Å²) >= 11 is 7.25. The number of aryl methyl sites for hydroxylation is 1. The summed E-state index contributed by atoms with van der Waals surface area (Å²) in [4.78, 5) is 23.6. The molecule has 34 heavy (non-hydrogen) atoms. The number of amides is 1. The molecule has 0 saturated heterocycles. The Hall–Kier alpha value is -3.50. The van der Waals surface area contributed by atoms with Crippen LogP contribution in [0.2, 0.25) is 5.02 Å². The molecule has 1 heterocycles. The van der Waals surface area contributed by atoms with Crippen LogP contribution in [-0.2, 0) is 17.9 Å². The molecule has 0 saturated carbocycles. The van der Waals surface area contributed by atoms with Crippen molar-refractivity contribution < 1.29 is 24.2 Å². The molecule has 1 aromatic heterocycles. The van der Waals surface area contributed by atoms with Crippen LogP contribution in [0.5, 0.6) is 11.5 Å². The maximum absolute atomic E-state index is 12.4. The second-order valence-corrected chi connectivity index (χ2v) is 8.43. The van der Waals surface area contributed by atoms with Crippen LogP contribution in [0.3, 0.4) is 0 Å². The number of ether oxygens (including phenoxy) is 2. The third-order valence-electron chi connectivity index (χ3n) is 4.60. The SMILES string of the molecule is C=CCn1c(COc2ccc(C)cc2OC)nnc1SCC(=O)Nc1cc(C(=O)O)ccc1Cl. The summed E-state index contributed by atoms with van der Waals surface area (Å²) < 4.78 is 13.0. The van der Waals surface area contributed by atoms with Crippen LogP contribution in [-0.4, -0.2) is 44.6 Å². The Balaban J connectivity index is 1.66. The molecule has 11 heteroatoms. The van der Waals surface area contributed by atoms with Gasteiger partial charge in [0, 0.05) is 6.54 Å². The predicted octanol–water partition coefficient (Wildman–Crippen LogP) is 4.44. The predicted molar refractivity (Wildman–Crippen MR) is 130 cm³/mol. The van der Waals surface area contributed by atoms with E-state index in [0.717, 1.165) is 5.56 Å². The zero-order chi connectivity index (χ0) is 24.7. The number of carboxylic acid groups (broad SMARTS) is 1. The van der Waals surface area contributed by atoms with Crippen molar-refractivity contribution in [1.29, 1.82) is 0 Å². The molecule has 0 radical (unpaired) electrons. The monoisotopic (exact) mass is 502 g/mol. The van der Waals surface area contributed by atoms with Crippen LogP contribution < -0.4 is 14.8 Å². The Bertz CT molecular complexity index is 1210. The molecule has 1 amide bonds. The summed E-state index contributed by atoms with van der Waals surface area (Å²) in [7, 11) is 1.58. The van der Waals surface area contributed by atoms with E-state index in [9.17, 15) is 9.59 Å². The van der Waals surface area contributed by atoms with Crippen molar-refractivity contribution in [2.45, 2.75) is 25.2 Å². The number of rotatable bonds is 11. The van der Waals surface area contributed by atoms with Gasteiger partial charge in [-0.2, -0.15) is 0 Å². The summed E-state index contributed by atoms with van der Waals surface area (Å²) in [5.74, 6) is 0.279. The first-order chi connectivity index (χ1) is 16.3. The molecule has 0 atom stereocenters. The number of hydrogen-bond acceptors (Lipinski definition) is 7. The van der Waals surface area contributed by atoms with Gasteiger partial charge in [-0.3, -0.25) is 9.36 Å². The fourth-order valence-electron chi connectivity index (χ4n) is 2.95. The van der Waals surface area contributed by atoms with E-state index < -0.39 is 5.97 Å². The molecule has 9 nitrogen and oxygen atoms in total. The zero-order valence-corrected chi connectivity index (χ0v) is 20.2.